The van der Waals surface area contributed by atoms with E-state index in [4.69, 9.17) is 0 Å². The van der Waals surface area contributed by atoms with Gasteiger partial charge in [-0.2, -0.15) is 0 Å². The second-order valence-corrected chi connectivity index (χ2v) is 4.34. The fourth-order valence-electron chi connectivity index (χ4n) is 1.55. The van der Waals surface area contributed by atoms with Crippen molar-refractivity contribution in [3.63, 3.8) is 0 Å². The smallest absolute Gasteiger partial charge is 0.333 e. The summed E-state index contributed by atoms with van der Waals surface area (Å²) in [7, 11) is 0. The Morgan fingerprint density at radius 1 is 1.12 bits per heavy atom. The van der Waals surface area contributed by atoms with Crippen molar-refractivity contribution in [2.75, 3.05) is 18.0 Å². The van der Waals surface area contributed by atoms with Gasteiger partial charge < -0.3 is 9.64 Å². The summed E-state index contributed by atoms with van der Waals surface area (Å²) in [5, 5.41) is 0. The van der Waals surface area contributed by atoms with Crippen LogP contribution in [-0.4, -0.2) is 25.0 Å². The molecule has 2 rings (SSSR count). The number of benzene rings is 1. The molecule has 0 atom stereocenters. The van der Waals surface area contributed by atoms with Gasteiger partial charge in [-0.25, -0.2) is 18.4 Å². The lowest BCUT2D eigenvalue weighted by molar-refractivity contribution is -0.160. The van der Waals surface area contributed by atoms with Crippen LogP contribution in [0.25, 0.3) is 0 Å². The monoisotopic (exact) mass is 305 g/mol. The SMILES string of the molecule is O=C1CN(c2c(F)cc(Br)cc2F)CC(=O)O1. The molecule has 0 spiro atoms. The second kappa shape index (κ2) is 4.40. The van der Waals surface area contributed by atoms with Crippen molar-refractivity contribution in [1.29, 1.82) is 0 Å². The zero-order valence-electron chi connectivity index (χ0n) is 8.37. The van der Waals surface area contributed by atoms with E-state index in [0.717, 1.165) is 17.0 Å². The minimum Gasteiger partial charge on any atom is -0.390 e. The van der Waals surface area contributed by atoms with Crippen molar-refractivity contribution < 1.29 is 23.1 Å². The van der Waals surface area contributed by atoms with E-state index < -0.39 is 29.3 Å². The van der Waals surface area contributed by atoms with E-state index in [1.54, 1.807) is 0 Å². The Kier molecular flexibility index (Phi) is 3.10. The first-order valence-corrected chi connectivity index (χ1v) is 5.39. The molecule has 1 aliphatic rings. The summed E-state index contributed by atoms with van der Waals surface area (Å²) >= 11 is 2.94. The average Bonchev–Trinajstić information content (AvgIpc) is 2.13. The van der Waals surface area contributed by atoms with E-state index >= 15 is 0 Å². The Morgan fingerprint density at radius 3 is 2.06 bits per heavy atom. The van der Waals surface area contributed by atoms with Crippen molar-refractivity contribution in [3.05, 3.63) is 28.2 Å². The van der Waals surface area contributed by atoms with Crippen LogP contribution in [0.2, 0.25) is 0 Å². The maximum Gasteiger partial charge on any atom is 0.333 e. The van der Waals surface area contributed by atoms with Crippen molar-refractivity contribution in [2.45, 2.75) is 0 Å². The van der Waals surface area contributed by atoms with Gasteiger partial charge in [0, 0.05) is 4.47 Å². The van der Waals surface area contributed by atoms with Crippen LogP contribution in [0.1, 0.15) is 0 Å². The van der Waals surface area contributed by atoms with E-state index in [1.807, 2.05) is 0 Å². The topological polar surface area (TPSA) is 46.6 Å². The molecule has 90 valence electrons. The van der Waals surface area contributed by atoms with Gasteiger partial charge in [-0.3, -0.25) is 0 Å². The van der Waals surface area contributed by atoms with Crippen LogP contribution < -0.4 is 4.90 Å². The minimum atomic E-state index is -0.848. The number of ether oxygens (including phenoxy) is 1. The molecule has 0 aliphatic carbocycles. The minimum absolute atomic E-state index is 0.238. The first-order chi connectivity index (χ1) is 7.97. The highest BCUT2D eigenvalue weighted by atomic mass is 79.9. The van der Waals surface area contributed by atoms with Crippen LogP contribution >= 0.6 is 15.9 Å². The van der Waals surface area contributed by atoms with E-state index in [1.165, 1.54) is 0 Å². The predicted octanol–water partition coefficient (Wildman–Crippen LogP) is 1.62. The molecule has 17 heavy (non-hydrogen) atoms. The number of anilines is 1. The summed E-state index contributed by atoms with van der Waals surface area (Å²) in [5.41, 5.74) is -0.404. The predicted molar refractivity (Wildman–Crippen MR) is 57.4 cm³/mol. The van der Waals surface area contributed by atoms with Gasteiger partial charge in [0.15, 0.2) is 11.6 Å². The number of carbonyl (C=O) groups excluding carboxylic acids is 2. The van der Waals surface area contributed by atoms with Gasteiger partial charge in [0.25, 0.3) is 0 Å². The second-order valence-electron chi connectivity index (χ2n) is 3.42. The van der Waals surface area contributed by atoms with Crippen LogP contribution in [-0.2, 0) is 14.3 Å². The Balaban J connectivity index is 2.40. The molecular weight excluding hydrogens is 300 g/mol. The fourth-order valence-corrected chi connectivity index (χ4v) is 1.96. The average molecular weight is 306 g/mol. The van der Waals surface area contributed by atoms with Crippen LogP contribution in [0.3, 0.4) is 0 Å². The van der Waals surface area contributed by atoms with E-state index in [2.05, 4.69) is 20.7 Å². The standard InChI is InChI=1S/C10H6BrF2NO3/c11-5-1-6(12)10(7(13)2-5)14-3-8(15)17-9(16)4-14/h1-2H,3-4H2. The van der Waals surface area contributed by atoms with Crippen LogP contribution in [0.4, 0.5) is 14.5 Å². The van der Waals surface area contributed by atoms with E-state index in [9.17, 15) is 18.4 Å². The Labute approximate surface area is 103 Å². The fraction of sp³-hybridized carbons (Fsp3) is 0.200. The lowest BCUT2D eigenvalue weighted by Gasteiger charge is -2.26. The number of nitrogens with zero attached hydrogens (tertiary/aromatic N) is 1. The van der Waals surface area contributed by atoms with Crippen LogP contribution in [0.5, 0.6) is 0 Å². The molecule has 1 aliphatic heterocycles. The molecule has 0 aromatic heterocycles. The highest BCUT2D eigenvalue weighted by molar-refractivity contribution is 9.10. The van der Waals surface area contributed by atoms with Crippen LogP contribution in [0.15, 0.2) is 16.6 Å². The molecule has 4 nitrogen and oxygen atoms in total. The van der Waals surface area contributed by atoms with Gasteiger partial charge >= 0.3 is 11.9 Å². The van der Waals surface area contributed by atoms with Gasteiger partial charge in [-0.1, -0.05) is 15.9 Å². The van der Waals surface area contributed by atoms with Crippen LogP contribution in [0, 0.1) is 11.6 Å². The maximum absolute atomic E-state index is 13.6. The Morgan fingerprint density at radius 2 is 1.59 bits per heavy atom. The molecule has 1 aromatic carbocycles. The zero-order valence-corrected chi connectivity index (χ0v) is 9.96. The summed E-state index contributed by atoms with van der Waals surface area (Å²) in [6, 6.07) is 2.12. The molecule has 0 bridgehead atoms. The molecule has 1 saturated heterocycles. The van der Waals surface area contributed by atoms with Gasteiger partial charge in [-0.15, -0.1) is 0 Å². The third-order valence-electron chi connectivity index (χ3n) is 2.17. The van der Waals surface area contributed by atoms with E-state index in [0.29, 0.717) is 0 Å². The molecule has 0 unspecified atom stereocenters. The zero-order chi connectivity index (χ0) is 12.6. The lowest BCUT2D eigenvalue weighted by atomic mass is 10.2. The van der Waals surface area contributed by atoms with Gasteiger partial charge in [0.05, 0.1) is 0 Å². The van der Waals surface area contributed by atoms with Gasteiger partial charge in [-0.05, 0) is 12.1 Å². The van der Waals surface area contributed by atoms with Crippen molar-refractivity contribution >= 4 is 33.6 Å². The number of hydrogen-bond acceptors (Lipinski definition) is 4. The first-order valence-electron chi connectivity index (χ1n) is 4.60. The molecule has 0 amide bonds. The summed E-state index contributed by atoms with van der Waals surface area (Å²) < 4.78 is 31.7. The number of rotatable bonds is 1. The number of carbonyl (C=O) groups is 2. The molecule has 1 fully saturated rings. The van der Waals surface area contributed by atoms with Gasteiger partial charge in [0.1, 0.15) is 18.8 Å². The summed E-state index contributed by atoms with van der Waals surface area (Å²) in [6.45, 7) is -0.720. The third-order valence-corrected chi connectivity index (χ3v) is 2.62. The van der Waals surface area contributed by atoms with Crippen molar-refractivity contribution in [1.82, 2.24) is 0 Å². The summed E-state index contributed by atoms with van der Waals surface area (Å²) in [4.78, 5) is 23.0. The van der Waals surface area contributed by atoms with Crippen molar-refractivity contribution in [2.24, 2.45) is 0 Å². The van der Waals surface area contributed by atoms with Crippen molar-refractivity contribution in [3.8, 4) is 0 Å². The molecule has 0 saturated carbocycles. The highest BCUT2D eigenvalue weighted by Crippen LogP contribution is 2.28. The quantitative estimate of drug-likeness (QED) is 0.584. The number of esters is 2. The summed E-state index contributed by atoms with van der Waals surface area (Å²) in [5.74, 6) is -3.36. The largest absolute Gasteiger partial charge is 0.390 e. The first kappa shape index (κ1) is 12.0. The summed E-state index contributed by atoms with van der Waals surface area (Å²) in [6.07, 6.45) is 0. The highest BCUT2D eigenvalue weighted by Gasteiger charge is 2.28. The normalized spacial score (nSPS) is 16.1. The number of morpholine rings is 1. The number of hydrogen-bond donors (Lipinski definition) is 0. The molecule has 1 heterocycles. The number of halogens is 3. The molecule has 1 aromatic rings. The molecular formula is C10H6BrF2NO3. The third kappa shape index (κ3) is 2.44. The number of cyclic esters (lactones) is 2. The van der Waals surface area contributed by atoms with E-state index in [-0.39, 0.29) is 17.6 Å². The molecule has 0 radical (unpaired) electrons. The molecule has 7 heteroatoms. The molecule has 0 N–H and O–H groups in total. The Bertz CT molecular complexity index is 467. The lowest BCUT2D eigenvalue weighted by Crippen LogP contribution is -2.43. The maximum atomic E-state index is 13.6. The Hall–Kier alpha value is -1.50. The van der Waals surface area contributed by atoms with Gasteiger partial charge in [0.2, 0.25) is 0 Å².